The van der Waals surface area contributed by atoms with Gasteiger partial charge in [0.2, 0.25) is 0 Å². The normalized spacial score (nSPS) is 31.4. The molecule has 0 amide bonds. The Balaban J connectivity index is 2.38. The van der Waals surface area contributed by atoms with Gasteiger partial charge in [-0.25, -0.2) is 0 Å². The summed E-state index contributed by atoms with van der Waals surface area (Å²) in [5, 5.41) is 0. The summed E-state index contributed by atoms with van der Waals surface area (Å²) in [6.07, 6.45) is 3.77. The van der Waals surface area contributed by atoms with Crippen LogP contribution < -0.4 is 5.73 Å². The molecule has 1 aliphatic rings. The Morgan fingerprint density at radius 2 is 1.82 bits per heavy atom. The Hall–Kier alpha value is -0.700. The van der Waals surface area contributed by atoms with E-state index in [-0.39, 0.29) is 17.7 Å². The second kappa shape index (κ2) is 3.62. The molecule has 0 aromatic rings. The molecule has 1 fully saturated rings. The number of nitrogens with two attached hydrogens (primary N) is 1. The van der Waals surface area contributed by atoms with E-state index in [1.807, 2.05) is 0 Å². The van der Waals surface area contributed by atoms with Gasteiger partial charge in [-0.2, -0.15) is 0 Å². The molecule has 11 heavy (non-hydrogen) atoms. The third-order valence-electron chi connectivity index (χ3n) is 2.29. The predicted octanol–water partition coefficient (Wildman–Crippen LogP) is 0.272. The fourth-order valence-electron chi connectivity index (χ4n) is 1.50. The van der Waals surface area contributed by atoms with Crippen LogP contribution in [-0.2, 0) is 9.59 Å². The van der Waals surface area contributed by atoms with Crippen LogP contribution in [0.4, 0.5) is 0 Å². The lowest BCUT2D eigenvalue weighted by molar-refractivity contribution is -0.133. The number of hydrogen-bond donors (Lipinski definition) is 1. The molecule has 62 valence electrons. The summed E-state index contributed by atoms with van der Waals surface area (Å²) < 4.78 is 0. The van der Waals surface area contributed by atoms with Crippen molar-refractivity contribution in [1.29, 1.82) is 0 Å². The van der Waals surface area contributed by atoms with Gasteiger partial charge >= 0.3 is 0 Å². The number of rotatable bonds is 2. The lowest BCUT2D eigenvalue weighted by Crippen LogP contribution is -2.30. The molecule has 3 heteroatoms. The summed E-state index contributed by atoms with van der Waals surface area (Å²) in [4.78, 5) is 21.0. The summed E-state index contributed by atoms with van der Waals surface area (Å²) in [5.74, 6) is -0.288. The number of hydrogen-bond acceptors (Lipinski definition) is 3. The fourth-order valence-corrected chi connectivity index (χ4v) is 1.50. The molecule has 0 aromatic carbocycles. The van der Waals surface area contributed by atoms with Gasteiger partial charge in [-0.3, -0.25) is 9.59 Å². The highest BCUT2D eigenvalue weighted by Gasteiger charge is 2.23. The van der Waals surface area contributed by atoms with Gasteiger partial charge in [0.15, 0.2) is 12.1 Å². The molecule has 1 rings (SSSR count). The van der Waals surface area contributed by atoms with Crippen molar-refractivity contribution in [2.45, 2.75) is 31.7 Å². The van der Waals surface area contributed by atoms with Gasteiger partial charge in [0.25, 0.3) is 0 Å². The van der Waals surface area contributed by atoms with Gasteiger partial charge in [-0.15, -0.1) is 0 Å². The zero-order chi connectivity index (χ0) is 8.27. The Morgan fingerprint density at radius 3 is 2.27 bits per heavy atom. The molecule has 0 aromatic heterocycles. The monoisotopic (exact) mass is 155 g/mol. The second-order valence-electron chi connectivity index (χ2n) is 3.13. The SMILES string of the molecule is N[C@H]1CC[C@@H](C(=O)C=O)CC1. The van der Waals surface area contributed by atoms with Crippen molar-refractivity contribution < 1.29 is 9.59 Å². The van der Waals surface area contributed by atoms with E-state index in [0.29, 0.717) is 6.29 Å². The first-order chi connectivity index (χ1) is 5.24. The number of Topliss-reactive ketones (excluding diaryl/α,β-unsaturated/α-hetero) is 1. The van der Waals surface area contributed by atoms with Gasteiger partial charge in [0.1, 0.15) is 0 Å². The van der Waals surface area contributed by atoms with E-state index in [9.17, 15) is 9.59 Å². The molecule has 1 saturated carbocycles. The summed E-state index contributed by atoms with van der Waals surface area (Å²) in [6.45, 7) is 0. The maximum atomic E-state index is 10.9. The molecule has 0 unspecified atom stereocenters. The molecule has 0 bridgehead atoms. The molecular weight excluding hydrogens is 142 g/mol. The first-order valence-electron chi connectivity index (χ1n) is 3.98. The molecule has 0 saturated heterocycles. The molecule has 0 aliphatic heterocycles. The van der Waals surface area contributed by atoms with E-state index in [4.69, 9.17) is 5.73 Å². The predicted molar refractivity (Wildman–Crippen MR) is 41.0 cm³/mol. The zero-order valence-corrected chi connectivity index (χ0v) is 6.45. The van der Waals surface area contributed by atoms with E-state index in [0.717, 1.165) is 25.7 Å². The first-order valence-corrected chi connectivity index (χ1v) is 3.98. The van der Waals surface area contributed by atoms with E-state index in [2.05, 4.69) is 0 Å². The van der Waals surface area contributed by atoms with E-state index in [1.165, 1.54) is 0 Å². The lowest BCUT2D eigenvalue weighted by atomic mass is 9.84. The topological polar surface area (TPSA) is 60.2 Å². The minimum Gasteiger partial charge on any atom is -0.328 e. The average Bonchev–Trinajstić information content (AvgIpc) is 2.05. The number of aldehydes is 1. The maximum absolute atomic E-state index is 10.9. The Kier molecular flexibility index (Phi) is 2.76. The van der Waals surface area contributed by atoms with Crippen LogP contribution in [0.15, 0.2) is 0 Å². The quantitative estimate of drug-likeness (QED) is 0.460. The first kappa shape index (κ1) is 8.40. The number of carbonyl (C=O) groups excluding carboxylic acids is 2. The molecule has 0 spiro atoms. The Morgan fingerprint density at radius 1 is 1.27 bits per heavy atom. The maximum Gasteiger partial charge on any atom is 0.198 e. The van der Waals surface area contributed by atoms with E-state index < -0.39 is 0 Å². The molecular formula is C8H13NO2. The summed E-state index contributed by atoms with van der Waals surface area (Å²) in [7, 11) is 0. The third-order valence-corrected chi connectivity index (χ3v) is 2.29. The van der Waals surface area contributed by atoms with E-state index in [1.54, 1.807) is 0 Å². The second-order valence-corrected chi connectivity index (χ2v) is 3.13. The number of ketones is 1. The Labute approximate surface area is 66.0 Å². The van der Waals surface area contributed by atoms with Gasteiger partial charge in [0, 0.05) is 12.0 Å². The number of carbonyl (C=O) groups is 2. The molecule has 0 radical (unpaired) electrons. The van der Waals surface area contributed by atoms with Crippen LogP contribution in [0.5, 0.6) is 0 Å². The highest BCUT2D eigenvalue weighted by molar-refractivity contribution is 6.25. The average molecular weight is 155 g/mol. The van der Waals surface area contributed by atoms with Crippen LogP contribution in [0, 0.1) is 5.92 Å². The molecule has 1 aliphatic carbocycles. The standard InChI is InChI=1S/C8H13NO2/c9-7-3-1-6(2-4-7)8(11)5-10/h5-7H,1-4,9H2/t6-,7+. The van der Waals surface area contributed by atoms with Crippen molar-refractivity contribution in [1.82, 2.24) is 0 Å². The van der Waals surface area contributed by atoms with Gasteiger partial charge in [0.05, 0.1) is 0 Å². The molecule has 2 N–H and O–H groups in total. The summed E-state index contributed by atoms with van der Waals surface area (Å²) in [6, 6.07) is 0.241. The minimum atomic E-state index is -0.253. The Bertz CT molecular complexity index is 159. The lowest BCUT2D eigenvalue weighted by Gasteiger charge is -2.23. The van der Waals surface area contributed by atoms with Crippen molar-refractivity contribution in [3.63, 3.8) is 0 Å². The van der Waals surface area contributed by atoms with Crippen LogP contribution in [0.1, 0.15) is 25.7 Å². The zero-order valence-electron chi connectivity index (χ0n) is 6.45. The van der Waals surface area contributed by atoms with Gasteiger partial charge in [-0.1, -0.05) is 0 Å². The van der Waals surface area contributed by atoms with E-state index >= 15 is 0 Å². The van der Waals surface area contributed by atoms with Crippen LogP contribution in [0.2, 0.25) is 0 Å². The highest BCUT2D eigenvalue weighted by atomic mass is 16.2. The fraction of sp³-hybridized carbons (Fsp3) is 0.750. The highest BCUT2D eigenvalue weighted by Crippen LogP contribution is 2.22. The molecule has 3 nitrogen and oxygen atoms in total. The summed E-state index contributed by atoms with van der Waals surface area (Å²) in [5.41, 5.74) is 5.64. The smallest absolute Gasteiger partial charge is 0.198 e. The summed E-state index contributed by atoms with van der Waals surface area (Å²) >= 11 is 0. The molecule has 0 heterocycles. The largest absolute Gasteiger partial charge is 0.328 e. The van der Waals surface area contributed by atoms with Crippen molar-refractivity contribution in [2.24, 2.45) is 11.7 Å². The van der Waals surface area contributed by atoms with Crippen molar-refractivity contribution in [2.75, 3.05) is 0 Å². The van der Waals surface area contributed by atoms with Gasteiger partial charge < -0.3 is 5.73 Å². The van der Waals surface area contributed by atoms with Crippen molar-refractivity contribution in [3.05, 3.63) is 0 Å². The van der Waals surface area contributed by atoms with Crippen LogP contribution in [-0.4, -0.2) is 18.1 Å². The van der Waals surface area contributed by atoms with Crippen molar-refractivity contribution >= 4 is 12.1 Å². The molecule has 0 atom stereocenters. The van der Waals surface area contributed by atoms with Crippen LogP contribution in [0.25, 0.3) is 0 Å². The van der Waals surface area contributed by atoms with Crippen LogP contribution >= 0.6 is 0 Å². The van der Waals surface area contributed by atoms with Crippen molar-refractivity contribution in [3.8, 4) is 0 Å². The minimum absolute atomic E-state index is 0.0349. The third kappa shape index (κ3) is 2.12. The van der Waals surface area contributed by atoms with Gasteiger partial charge in [-0.05, 0) is 25.7 Å². The van der Waals surface area contributed by atoms with Crippen LogP contribution in [0.3, 0.4) is 0 Å².